The van der Waals surface area contributed by atoms with Gasteiger partial charge in [0.25, 0.3) is 5.69 Å². The summed E-state index contributed by atoms with van der Waals surface area (Å²) < 4.78 is 0. The molecule has 0 aromatic heterocycles. The van der Waals surface area contributed by atoms with E-state index in [1.54, 1.807) is 12.1 Å². The summed E-state index contributed by atoms with van der Waals surface area (Å²) >= 11 is 6.09. The standard InChI is InChI=1S/C13H18ClN3O2/c1-9-8-16(2)7-6-11(9)15-13-10(14)4-3-5-12(13)17(18)19/h3-5,9,11,15H,6-8H2,1-2H3. The number of likely N-dealkylation sites (tertiary alicyclic amines) is 1. The van der Waals surface area contributed by atoms with Crippen molar-refractivity contribution >= 4 is 23.0 Å². The first-order valence-corrected chi connectivity index (χ1v) is 6.75. The Kier molecular flexibility index (Phi) is 4.27. The molecule has 0 saturated carbocycles. The van der Waals surface area contributed by atoms with Crippen molar-refractivity contribution in [1.29, 1.82) is 0 Å². The van der Waals surface area contributed by atoms with E-state index in [1.165, 1.54) is 6.07 Å². The number of hydrogen-bond acceptors (Lipinski definition) is 4. The van der Waals surface area contributed by atoms with Crippen LogP contribution in [0.5, 0.6) is 0 Å². The molecule has 2 atom stereocenters. The number of hydrogen-bond donors (Lipinski definition) is 1. The van der Waals surface area contributed by atoms with Gasteiger partial charge in [-0.1, -0.05) is 24.6 Å². The van der Waals surface area contributed by atoms with Crippen molar-refractivity contribution < 1.29 is 4.92 Å². The van der Waals surface area contributed by atoms with Crippen molar-refractivity contribution in [1.82, 2.24) is 4.90 Å². The van der Waals surface area contributed by atoms with Crippen LogP contribution < -0.4 is 5.32 Å². The molecule has 104 valence electrons. The topological polar surface area (TPSA) is 58.4 Å². The van der Waals surface area contributed by atoms with E-state index >= 15 is 0 Å². The van der Waals surface area contributed by atoms with Gasteiger partial charge < -0.3 is 10.2 Å². The number of piperidine rings is 1. The summed E-state index contributed by atoms with van der Waals surface area (Å²) in [6, 6.07) is 4.98. The summed E-state index contributed by atoms with van der Waals surface area (Å²) in [7, 11) is 2.09. The minimum Gasteiger partial charge on any atom is -0.375 e. The van der Waals surface area contributed by atoms with Crippen molar-refractivity contribution in [2.24, 2.45) is 5.92 Å². The highest BCUT2D eigenvalue weighted by molar-refractivity contribution is 6.33. The molecule has 1 aliphatic rings. The minimum atomic E-state index is -0.395. The molecule has 1 saturated heterocycles. The fourth-order valence-electron chi connectivity index (χ4n) is 2.56. The Balaban J connectivity index is 2.21. The Morgan fingerprint density at radius 1 is 1.53 bits per heavy atom. The average Bonchev–Trinajstić information content (AvgIpc) is 2.34. The molecule has 0 amide bonds. The van der Waals surface area contributed by atoms with E-state index in [-0.39, 0.29) is 11.7 Å². The Bertz CT molecular complexity index is 481. The van der Waals surface area contributed by atoms with Crippen LogP contribution in [0, 0.1) is 16.0 Å². The quantitative estimate of drug-likeness (QED) is 0.684. The molecule has 6 heteroatoms. The van der Waals surface area contributed by atoms with Gasteiger partial charge in [-0.05, 0) is 32.0 Å². The lowest BCUT2D eigenvalue weighted by Crippen LogP contribution is -2.43. The fourth-order valence-corrected chi connectivity index (χ4v) is 2.79. The first-order valence-electron chi connectivity index (χ1n) is 6.37. The van der Waals surface area contributed by atoms with Crippen molar-refractivity contribution in [2.75, 3.05) is 25.5 Å². The molecule has 0 spiro atoms. The number of halogens is 1. The highest BCUT2D eigenvalue weighted by Crippen LogP contribution is 2.34. The summed E-state index contributed by atoms with van der Waals surface area (Å²) in [5.74, 6) is 0.426. The second kappa shape index (κ2) is 5.75. The van der Waals surface area contributed by atoms with E-state index in [0.29, 0.717) is 16.6 Å². The number of nitrogens with one attached hydrogen (secondary N) is 1. The normalized spacial score (nSPS) is 24.2. The van der Waals surface area contributed by atoms with Crippen LogP contribution >= 0.6 is 11.6 Å². The Morgan fingerprint density at radius 2 is 2.26 bits per heavy atom. The number of benzene rings is 1. The van der Waals surface area contributed by atoms with Crippen LogP contribution in [0.3, 0.4) is 0 Å². The highest BCUT2D eigenvalue weighted by Gasteiger charge is 2.27. The number of anilines is 1. The summed E-state index contributed by atoms with van der Waals surface area (Å²) in [5.41, 5.74) is 0.481. The van der Waals surface area contributed by atoms with Crippen LogP contribution in [0.1, 0.15) is 13.3 Å². The minimum absolute atomic E-state index is 0.0404. The third kappa shape index (κ3) is 3.16. The number of nitro benzene ring substituents is 1. The van der Waals surface area contributed by atoms with E-state index in [0.717, 1.165) is 19.5 Å². The highest BCUT2D eigenvalue weighted by atomic mass is 35.5. The van der Waals surface area contributed by atoms with Gasteiger partial charge in [0, 0.05) is 18.7 Å². The van der Waals surface area contributed by atoms with Crippen LogP contribution in [-0.4, -0.2) is 36.0 Å². The Labute approximate surface area is 117 Å². The molecule has 2 rings (SSSR count). The van der Waals surface area contributed by atoms with Crippen molar-refractivity contribution in [3.05, 3.63) is 33.3 Å². The van der Waals surface area contributed by atoms with Gasteiger partial charge in [-0.2, -0.15) is 0 Å². The largest absolute Gasteiger partial charge is 0.375 e. The number of para-hydroxylation sites is 1. The molecule has 1 aliphatic heterocycles. The molecule has 1 aromatic rings. The van der Waals surface area contributed by atoms with Crippen LogP contribution in [0.25, 0.3) is 0 Å². The number of nitro groups is 1. The van der Waals surface area contributed by atoms with E-state index < -0.39 is 4.92 Å². The van der Waals surface area contributed by atoms with Gasteiger partial charge in [-0.3, -0.25) is 10.1 Å². The summed E-state index contributed by atoms with van der Waals surface area (Å²) in [6.07, 6.45) is 0.958. The van der Waals surface area contributed by atoms with Gasteiger partial charge in [0.1, 0.15) is 5.69 Å². The van der Waals surface area contributed by atoms with Gasteiger partial charge in [0.15, 0.2) is 0 Å². The first kappa shape index (κ1) is 14.1. The molecule has 1 fully saturated rings. The smallest absolute Gasteiger partial charge is 0.293 e. The van der Waals surface area contributed by atoms with E-state index in [1.807, 2.05) is 0 Å². The van der Waals surface area contributed by atoms with E-state index in [2.05, 4.69) is 24.2 Å². The monoisotopic (exact) mass is 283 g/mol. The molecule has 1 aromatic carbocycles. The molecule has 0 bridgehead atoms. The molecule has 2 unspecified atom stereocenters. The van der Waals surface area contributed by atoms with Gasteiger partial charge in [-0.15, -0.1) is 0 Å². The number of nitrogens with zero attached hydrogens (tertiary/aromatic N) is 2. The fraction of sp³-hybridized carbons (Fsp3) is 0.538. The van der Waals surface area contributed by atoms with Crippen LogP contribution in [-0.2, 0) is 0 Å². The zero-order valence-corrected chi connectivity index (χ0v) is 11.9. The SMILES string of the molecule is CC1CN(C)CCC1Nc1c(Cl)cccc1[N+](=O)[O-]. The summed E-state index contributed by atoms with van der Waals surface area (Å²) in [6.45, 7) is 4.12. The van der Waals surface area contributed by atoms with Crippen molar-refractivity contribution in [3.8, 4) is 0 Å². The molecule has 1 heterocycles. The predicted octanol–water partition coefficient (Wildman–Crippen LogP) is 3.00. The average molecular weight is 284 g/mol. The Hall–Kier alpha value is -1.33. The molecular formula is C13H18ClN3O2. The Morgan fingerprint density at radius 3 is 2.89 bits per heavy atom. The van der Waals surface area contributed by atoms with Crippen LogP contribution in [0.2, 0.25) is 5.02 Å². The maximum atomic E-state index is 11.0. The second-order valence-electron chi connectivity index (χ2n) is 5.17. The molecule has 19 heavy (non-hydrogen) atoms. The van der Waals surface area contributed by atoms with Gasteiger partial charge in [0.2, 0.25) is 0 Å². The molecule has 1 N–H and O–H groups in total. The van der Waals surface area contributed by atoms with Gasteiger partial charge >= 0.3 is 0 Å². The van der Waals surface area contributed by atoms with Crippen molar-refractivity contribution in [3.63, 3.8) is 0 Å². The van der Waals surface area contributed by atoms with Gasteiger partial charge in [0.05, 0.1) is 9.95 Å². The van der Waals surface area contributed by atoms with E-state index in [4.69, 9.17) is 11.6 Å². The molecule has 5 nitrogen and oxygen atoms in total. The molecule has 0 radical (unpaired) electrons. The van der Waals surface area contributed by atoms with Crippen molar-refractivity contribution in [2.45, 2.75) is 19.4 Å². The maximum absolute atomic E-state index is 11.0. The molecular weight excluding hydrogens is 266 g/mol. The lowest BCUT2D eigenvalue weighted by molar-refractivity contribution is -0.384. The predicted molar refractivity (Wildman–Crippen MR) is 76.8 cm³/mol. The summed E-state index contributed by atoms with van der Waals surface area (Å²) in [5, 5.41) is 14.7. The van der Waals surface area contributed by atoms with E-state index in [9.17, 15) is 10.1 Å². The second-order valence-corrected chi connectivity index (χ2v) is 5.58. The van der Waals surface area contributed by atoms with Crippen LogP contribution in [0.4, 0.5) is 11.4 Å². The zero-order chi connectivity index (χ0) is 14.0. The maximum Gasteiger partial charge on any atom is 0.293 e. The first-order chi connectivity index (χ1) is 8.99. The third-order valence-electron chi connectivity index (χ3n) is 3.63. The lowest BCUT2D eigenvalue weighted by atomic mass is 9.94. The van der Waals surface area contributed by atoms with Crippen LogP contribution in [0.15, 0.2) is 18.2 Å². The zero-order valence-electron chi connectivity index (χ0n) is 11.1. The molecule has 0 aliphatic carbocycles. The third-order valence-corrected chi connectivity index (χ3v) is 3.94. The van der Waals surface area contributed by atoms with Gasteiger partial charge in [-0.25, -0.2) is 0 Å². The lowest BCUT2D eigenvalue weighted by Gasteiger charge is -2.35. The summed E-state index contributed by atoms with van der Waals surface area (Å²) in [4.78, 5) is 12.9. The number of rotatable bonds is 3.